The molecule has 1 heterocycles. The molecule has 7 nitrogen and oxygen atoms in total. The summed E-state index contributed by atoms with van der Waals surface area (Å²) in [6.07, 6.45) is 3.59. The van der Waals surface area contributed by atoms with Crippen LogP contribution in [-0.4, -0.2) is 43.8 Å². The second-order valence-corrected chi connectivity index (χ2v) is 6.84. The third-order valence-electron chi connectivity index (χ3n) is 4.69. The Hall–Kier alpha value is -3.45. The Labute approximate surface area is 168 Å². The van der Waals surface area contributed by atoms with Crippen LogP contribution in [0.1, 0.15) is 16.8 Å². The molecule has 0 radical (unpaired) electrons. The average Bonchev–Trinajstić information content (AvgIpc) is 3.14. The van der Waals surface area contributed by atoms with Crippen LogP contribution >= 0.6 is 0 Å². The van der Waals surface area contributed by atoms with Gasteiger partial charge in [0.25, 0.3) is 0 Å². The molecule has 0 saturated carbocycles. The predicted molar refractivity (Wildman–Crippen MR) is 108 cm³/mol. The van der Waals surface area contributed by atoms with Gasteiger partial charge in [-0.15, -0.1) is 0 Å². The van der Waals surface area contributed by atoms with Gasteiger partial charge in [0.1, 0.15) is 12.1 Å². The molecule has 3 aromatic rings. The van der Waals surface area contributed by atoms with E-state index in [2.05, 4.69) is 10.3 Å². The molecule has 0 aliphatic heterocycles. The molecule has 150 valence electrons. The Morgan fingerprint density at radius 2 is 1.41 bits per heavy atom. The molecule has 1 aromatic heterocycles. The number of nitrogens with zero attached hydrogens (tertiary/aromatic N) is 2. The lowest BCUT2D eigenvalue weighted by atomic mass is 10.0. The minimum absolute atomic E-state index is 0.126. The molecular formula is C22H23N3O4. The van der Waals surface area contributed by atoms with Gasteiger partial charge in [0.15, 0.2) is 0 Å². The normalized spacial score (nSPS) is 13.0. The molecule has 29 heavy (non-hydrogen) atoms. The molecule has 2 atom stereocenters. The molecule has 0 aliphatic carbocycles. The largest absolute Gasteiger partial charge is 0.480 e. The zero-order chi connectivity index (χ0) is 20.6. The highest BCUT2D eigenvalue weighted by Gasteiger charge is 2.27. The molecule has 0 amide bonds. The van der Waals surface area contributed by atoms with E-state index in [4.69, 9.17) is 0 Å². The highest BCUT2D eigenvalue weighted by atomic mass is 16.4. The fourth-order valence-corrected chi connectivity index (χ4v) is 3.18. The number of nitrogens with one attached hydrogen (secondary N) is 1. The van der Waals surface area contributed by atoms with E-state index in [1.807, 2.05) is 65.2 Å². The maximum atomic E-state index is 11.8. The van der Waals surface area contributed by atoms with Gasteiger partial charge in [0.2, 0.25) is 0 Å². The summed E-state index contributed by atoms with van der Waals surface area (Å²) in [4.78, 5) is 27.7. The molecule has 0 bridgehead atoms. The first-order chi connectivity index (χ1) is 14.0. The minimum atomic E-state index is -1.10. The molecule has 2 aromatic carbocycles. The third kappa shape index (κ3) is 5.76. The van der Waals surface area contributed by atoms with Gasteiger partial charge < -0.3 is 14.8 Å². The van der Waals surface area contributed by atoms with Gasteiger partial charge in [-0.1, -0.05) is 60.7 Å². The minimum Gasteiger partial charge on any atom is -0.480 e. The lowest BCUT2D eigenvalue weighted by molar-refractivity contribution is -0.142. The van der Waals surface area contributed by atoms with Crippen LogP contribution in [0, 0.1) is 0 Å². The van der Waals surface area contributed by atoms with Gasteiger partial charge in [-0.3, -0.25) is 14.9 Å². The van der Waals surface area contributed by atoms with Crippen molar-refractivity contribution in [2.45, 2.75) is 31.5 Å². The molecule has 0 saturated heterocycles. The van der Waals surface area contributed by atoms with E-state index < -0.39 is 24.0 Å². The van der Waals surface area contributed by atoms with E-state index in [1.54, 1.807) is 12.5 Å². The van der Waals surface area contributed by atoms with Crippen molar-refractivity contribution in [3.63, 3.8) is 0 Å². The molecule has 1 unspecified atom stereocenters. The third-order valence-corrected chi connectivity index (χ3v) is 4.69. The molecule has 3 N–H and O–H groups in total. The SMILES string of the molecule is O=C(O)C(Cc1ccccc1)N[C@@H](Cc1cncn1Cc1ccccc1)C(=O)O. The summed E-state index contributed by atoms with van der Waals surface area (Å²) in [6, 6.07) is 16.9. The standard InChI is InChI=1S/C22H23N3O4/c26-21(27)19(11-16-7-3-1-4-8-16)24-20(22(28)29)12-18-13-23-15-25(18)14-17-9-5-2-6-10-17/h1-10,13,15,19-20,24H,11-12,14H2,(H,26,27)(H,28,29)/t19?,20-/m0/s1. The quantitative estimate of drug-likeness (QED) is 0.488. The Balaban J connectivity index is 1.72. The summed E-state index contributed by atoms with van der Waals surface area (Å²) in [6.45, 7) is 0.564. The Morgan fingerprint density at radius 1 is 0.862 bits per heavy atom. The van der Waals surface area contributed by atoms with E-state index in [1.165, 1.54) is 0 Å². The number of aromatic nitrogens is 2. The monoisotopic (exact) mass is 393 g/mol. The average molecular weight is 393 g/mol. The maximum Gasteiger partial charge on any atom is 0.321 e. The van der Waals surface area contributed by atoms with Crippen molar-refractivity contribution < 1.29 is 19.8 Å². The van der Waals surface area contributed by atoms with Crippen LogP contribution in [-0.2, 0) is 29.0 Å². The molecule has 0 spiro atoms. The van der Waals surface area contributed by atoms with E-state index in [-0.39, 0.29) is 12.8 Å². The lowest BCUT2D eigenvalue weighted by Crippen LogP contribution is -2.49. The fraction of sp³-hybridized carbons (Fsp3) is 0.227. The fourth-order valence-electron chi connectivity index (χ4n) is 3.18. The zero-order valence-corrected chi connectivity index (χ0v) is 15.8. The number of hydrogen-bond acceptors (Lipinski definition) is 4. The summed E-state index contributed by atoms with van der Waals surface area (Å²) >= 11 is 0. The van der Waals surface area contributed by atoms with Crippen LogP contribution in [0.15, 0.2) is 73.2 Å². The van der Waals surface area contributed by atoms with Crippen molar-refractivity contribution in [3.05, 3.63) is 90.0 Å². The molecular weight excluding hydrogens is 370 g/mol. The van der Waals surface area contributed by atoms with Crippen molar-refractivity contribution >= 4 is 11.9 Å². The van der Waals surface area contributed by atoms with Crippen LogP contribution in [0.3, 0.4) is 0 Å². The molecule has 0 fully saturated rings. The second kappa shape index (κ2) is 9.66. The number of carbonyl (C=O) groups is 2. The number of hydrogen-bond donors (Lipinski definition) is 3. The van der Waals surface area contributed by atoms with Gasteiger partial charge in [-0.25, -0.2) is 4.98 Å². The van der Waals surface area contributed by atoms with Gasteiger partial charge >= 0.3 is 11.9 Å². The Bertz CT molecular complexity index is 941. The molecule has 3 rings (SSSR count). The van der Waals surface area contributed by atoms with Crippen LogP contribution in [0.4, 0.5) is 0 Å². The number of benzene rings is 2. The smallest absolute Gasteiger partial charge is 0.321 e. The number of carboxylic acids is 2. The maximum absolute atomic E-state index is 11.8. The number of aliphatic carboxylic acids is 2. The lowest BCUT2D eigenvalue weighted by Gasteiger charge is -2.21. The van der Waals surface area contributed by atoms with Gasteiger partial charge in [0.05, 0.1) is 6.33 Å². The van der Waals surface area contributed by atoms with E-state index >= 15 is 0 Å². The zero-order valence-electron chi connectivity index (χ0n) is 15.8. The highest BCUT2D eigenvalue weighted by Crippen LogP contribution is 2.11. The summed E-state index contributed by atoms with van der Waals surface area (Å²) in [5.41, 5.74) is 2.61. The van der Waals surface area contributed by atoms with Crippen LogP contribution in [0.2, 0.25) is 0 Å². The van der Waals surface area contributed by atoms with Crippen molar-refractivity contribution in [3.8, 4) is 0 Å². The predicted octanol–water partition coefficient (Wildman–Crippen LogP) is 2.21. The van der Waals surface area contributed by atoms with Crippen molar-refractivity contribution in [1.82, 2.24) is 14.9 Å². The summed E-state index contributed by atoms with van der Waals surface area (Å²) < 4.78 is 1.87. The van der Waals surface area contributed by atoms with Crippen molar-refractivity contribution in [2.75, 3.05) is 0 Å². The number of imidazole rings is 1. The number of rotatable bonds is 10. The second-order valence-electron chi connectivity index (χ2n) is 6.84. The Morgan fingerprint density at radius 3 is 2.00 bits per heavy atom. The first-order valence-corrected chi connectivity index (χ1v) is 9.31. The highest BCUT2D eigenvalue weighted by molar-refractivity contribution is 5.78. The summed E-state index contributed by atoms with van der Waals surface area (Å²) in [5.74, 6) is -2.19. The van der Waals surface area contributed by atoms with Crippen molar-refractivity contribution in [2.24, 2.45) is 0 Å². The van der Waals surface area contributed by atoms with Crippen LogP contribution in [0.25, 0.3) is 0 Å². The first-order valence-electron chi connectivity index (χ1n) is 9.31. The van der Waals surface area contributed by atoms with Gasteiger partial charge in [-0.2, -0.15) is 0 Å². The van der Waals surface area contributed by atoms with E-state index in [9.17, 15) is 19.8 Å². The summed E-state index contributed by atoms with van der Waals surface area (Å²) in [7, 11) is 0. The first kappa shape index (κ1) is 20.3. The van der Waals surface area contributed by atoms with Crippen LogP contribution in [0.5, 0.6) is 0 Å². The van der Waals surface area contributed by atoms with Crippen LogP contribution < -0.4 is 5.32 Å². The van der Waals surface area contributed by atoms with E-state index in [0.29, 0.717) is 6.54 Å². The van der Waals surface area contributed by atoms with Gasteiger partial charge in [0, 0.05) is 24.9 Å². The van der Waals surface area contributed by atoms with E-state index in [0.717, 1.165) is 16.8 Å². The Kier molecular flexibility index (Phi) is 6.76. The van der Waals surface area contributed by atoms with Crippen molar-refractivity contribution in [1.29, 1.82) is 0 Å². The molecule has 7 heteroatoms. The number of carboxylic acid groups (broad SMARTS) is 2. The molecule has 0 aliphatic rings. The topological polar surface area (TPSA) is 104 Å². The van der Waals surface area contributed by atoms with Gasteiger partial charge in [-0.05, 0) is 17.5 Å². The summed E-state index contributed by atoms with van der Waals surface area (Å²) in [5, 5.41) is 22.0.